The van der Waals surface area contributed by atoms with E-state index in [1.165, 1.54) is 5.56 Å². The Bertz CT molecular complexity index is 1370. The molecule has 2 amide bonds. The molecule has 2 saturated heterocycles. The van der Waals surface area contributed by atoms with Crippen LogP contribution < -0.4 is 4.90 Å². The summed E-state index contributed by atoms with van der Waals surface area (Å²) in [5.74, 6) is -0.470. The first-order valence-corrected chi connectivity index (χ1v) is 14.6. The standard InChI is InChI=1S/C31H40ClN5O3/c1-19(2)36(30(39)40-31(4,5)6)18-25(21-7-9-22(32)10-8-21)29(38)37-23-11-12-24(37)17-35(16-23)26-13-14-33-28-27(26)20(3)15-34-28/h7-10,13-15,19,23-25H,11-12,16-18H2,1-6H3,(H,33,34)/t23?,24?,25-/m1/s1. The number of carbonyl (C=O) groups excluding carboxylic acids is 2. The fraction of sp³-hybridized carbons (Fsp3) is 0.516. The normalized spacial score (nSPS) is 19.8. The highest BCUT2D eigenvalue weighted by Gasteiger charge is 2.45. The number of H-pyrrole nitrogens is 1. The van der Waals surface area contributed by atoms with Crippen LogP contribution in [-0.2, 0) is 9.53 Å². The van der Waals surface area contributed by atoms with Crippen LogP contribution in [0.3, 0.4) is 0 Å². The molecule has 0 aliphatic carbocycles. The van der Waals surface area contributed by atoms with E-state index in [2.05, 4.69) is 32.8 Å². The molecule has 2 bridgehead atoms. The largest absolute Gasteiger partial charge is 0.444 e. The van der Waals surface area contributed by atoms with Crippen molar-refractivity contribution in [2.24, 2.45) is 0 Å². The van der Waals surface area contributed by atoms with E-state index in [0.717, 1.165) is 48.2 Å². The van der Waals surface area contributed by atoms with Gasteiger partial charge in [-0.15, -0.1) is 0 Å². The van der Waals surface area contributed by atoms with Crippen LogP contribution in [0, 0.1) is 6.92 Å². The summed E-state index contributed by atoms with van der Waals surface area (Å²) in [6, 6.07) is 9.56. The minimum Gasteiger partial charge on any atom is -0.444 e. The molecule has 2 unspecified atom stereocenters. The van der Waals surface area contributed by atoms with E-state index in [-0.39, 0.29) is 30.6 Å². The Morgan fingerprint density at radius 2 is 1.77 bits per heavy atom. The van der Waals surface area contributed by atoms with Gasteiger partial charge in [-0.1, -0.05) is 23.7 Å². The number of ether oxygens (including phenoxy) is 1. The zero-order valence-electron chi connectivity index (χ0n) is 24.3. The molecule has 1 N–H and O–H groups in total. The van der Waals surface area contributed by atoms with Crippen molar-refractivity contribution in [3.8, 4) is 0 Å². The van der Waals surface area contributed by atoms with Gasteiger partial charge >= 0.3 is 6.09 Å². The number of amides is 2. The number of fused-ring (bicyclic) bond motifs is 3. The van der Waals surface area contributed by atoms with E-state index in [1.54, 1.807) is 4.90 Å². The van der Waals surface area contributed by atoms with E-state index in [1.807, 2.05) is 71.3 Å². The topological polar surface area (TPSA) is 81.8 Å². The van der Waals surface area contributed by atoms with Gasteiger partial charge in [0.05, 0.1) is 5.92 Å². The van der Waals surface area contributed by atoms with Crippen LogP contribution in [0.25, 0.3) is 11.0 Å². The molecule has 2 aromatic heterocycles. The molecule has 4 heterocycles. The van der Waals surface area contributed by atoms with Gasteiger partial charge in [0.15, 0.2) is 0 Å². The molecule has 214 valence electrons. The predicted molar refractivity (Wildman–Crippen MR) is 159 cm³/mol. The number of hydrogen-bond acceptors (Lipinski definition) is 5. The fourth-order valence-electron chi connectivity index (χ4n) is 6.14. The Hall–Kier alpha value is -3.26. The lowest BCUT2D eigenvalue weighted by Crippen LogP contribution is -2.58. The summed E-state index contributed by atoms with van der Waals surface area (Å²) >= 11 is 6.21. The van der Waals surface area contributed by atoms with Gasteiger partial charge < -0.3 is 24.4 Å². The molecule has 2 aliphatic rings. The maximum absolute atomic E-state index is 14.5. The molecular weight excluding hydrogens is 526 g/mol. The van der Waals surface area contributed by atoms with Crippen LogP contribution >= 0.6 is 11.6 Å². The van der Waals surface area contributed by atoms with Gasteiger partial charge in [0.2, 0.25) is 5.91 Å². The smallest absolute Gasteiger partial charge is 0.410 e. The molecule has 9 heteroatoms. The highest BCUT2D eigenvalue weighted by atomic mass is 35.5. The quantitative estimate of drug-likeness (QED) is 0.388. The Morgan fingerprint density at radius 3 is 2.38 bits per heavy atom. The summed E-state index contributed by atoms with van der Waals surface area (Å²) in [6.07, 6.45) is 5.35. The van der Waals surface area contributed by atoms with Gasteiger partial charge in [0.25, 0.3) is 0 Å². The third-order valence-corrected chi connectivity index (χ3v) is 8.28. The average Bonchev–Trinajstić information content (AvgIpc) is 3.39. The van der Waals surface area contributed by atoms with E-state index in [0.29, 0.717) is 5.02 Å². The van der Waals surface area contributed by atoms with E-state index in [9.17, 15) is 9.59 Å². The third-order valence-electron chi connectivity index (χ3n) is 8.03. The summed E-state index contributed by atoms with van der Waals surface area (Å²) in [7, 11) is 0. The zero-order valence-corrected chi connectivity index (χ0v) is 25.0. The summed E-state index contributed by atoms with van der Waals surface area (Å²) in [5, 5.41) is 1.76. The van der Waals surface area contributed by atoms with E-state index >= 15 is 0 Å². The first-order chi connectivity index (χ1) is 18.9. The molecule has 2 aliphatic heterocycles. The average molecular weight is 566 g/mol. The van der Waals surface area contributed by atoms with Gasteiger partial charge in [-0.2, -0.15) is 0 Å². The second-order valence-electron chi connectivity index (χ2n) is 12.4. The molecule has 3 atom stereocenters. The van der Waals surface area contributed by atoms with Crippen LogP contribution in [-0.4, -0.2) is 75.1 Å². The van der Waals surface area contributed by atoms with Crippen LogP contribution in [0.1, 0.15) is 64.5 Å². The number of benzene rings is 1. The number of halogens is 1. The lowest BCUT2D eigenvalue weighted by Gasteiger charge is -2.44. The van der Waals surface area contributed by atoms with Crippen LogP contribution in [0.2, 0.25) is 5.02 Å². The first kappa shape index (κ1) is 28.3. The van der Waals surface area contributed by atoms with Crippen molar-refractivity contribution in [2.45, 2.75) is 84.0 Å². The second kappa shape index (κ2) is 11.0. The van der Waals surface area contributed by atoms with E-state index in [4.69, 9.17) is 16.3 Å². The Morgan fingerprint density at radius 1 is 1.12 bits per heavy atom. The number of rotatable bonds is 6. The maximum atomic E-state index is 14.5. The highest BCUT2D eigenvalue weighted by Crippen LogP contribution is 2.38. The monoisotopic (exact) mass is 565 g/mol. The van der Waals surface area contributed by atoms with Crippen molar-refractivity contribution >= 4 is 40.3 Å². The fourth-order valence-corrected chi connectivity index (χ4v) is 6.26. The summed E-state index contributed by atoms with van der Waals surface area (Å²) in [4.78, 5) is 41.6. The number of nitrogens with one attached hydrogen (secondary N) is 1. The van der Waals surface area contributed by atoms with Crippen molar-refractivity contribution in [3.63, 3.8) is 0 Å². The predicted octanol–water partition coefficient (Wildman–Crippen LogP) is 6.13. The number of hydrogen-bond donors (Lipinski definition) is 1. The number of nitrogens with zero attached hydrogens (tertiary/aromatic N) is 4. The number of aryl methyl sites for hydroxylation is 1. The Kier molecular flexibility index (Phi) is 7.75. The molecule has 5 rings (SSSR count). The first-order valence-electron chi connectivity index (χ1n) is 14.2. The summed E-state index contributed by atoms with van der Waals surface area (Å²) in [5.41, 5.74) is 3.44. The second-order valence-corrected chi connectivity index (χ2v) is 12.8. The van der Waals surface area contributed by atoms with Crippen molar-refractivity contribution < 1.29 is 14.3 Å². The van der Waals surface area contributed by atoms with Gasteiger partial charge in [0.1, 0.15) is 11.2 Å². The molecule has 0 saturated carbocycles. The number of anilines is 1. The minimum absolute atomic E-state index is 0.0568. The lowest BCUT2D eigenvalue weighted by molar-refractivity contribution is -0.136. The highest BCUT2D eigenvalue weighted by molar-refractivity contribution is 6.30. The zero-order chi connectivity index (χ0) is 28.8. The number of aromatic amines is 1. The Balaban J connectivity index is 1.43. The van der Waals surface area contributed by atoms with Gasteiger partial charge in [-0.05, 0) is 83.7 Å². The maximum Gasteiger partial charge on any atom is 0.410 e. The van der Waals surface area contributed by atoms with Crippen molar-refractivity contribution in [2.75, 3.05) is 24.5 Å². The minimum atomic E-state index is -0.629. The molecule has 3 aromatic rings. The van der Waals surface area contributed by atoms with E-state index < -0.39 is 17.6 Å². The molecular formula is C31H40ClN5O3. The van der Waals surface area contributed by atoms with Gasteiger partial charge in [-0.3, -0.25) is 4.79 Å². The van der Waals surface area contributed by atoms with Gasteiger partial charge in [0, 0.05) is 66.2 Å². The molecule has 0 spiro atoms. The van der Waals surface area contributed by atoms with Crippen LogP contribution in [0.15, 0.2) is 42.7 Å². The lowest BCUT2D eigenvalue weighted by atomic mass is 9.95. The molecule has 40 heavy (non-hydrogen) atoms. The van der Waals surface area contributed by atoms with Crippen molar-refractivity contribution in [1.29, 1.82) is 0 Å². The number of pyridine rings is 1. The van der Waals surface area contributed by atoms with Crippen LogP contribution in [0.5, 0.6) is 0 Å². The summed E-state index contributed by atoms with van der Waals surface area (Å²) < 4.78 is 5.72. The third kappa shape index (κ3) is 5.64. The molecule has 1 aromatic carbocycles. The Labute approximate surface area is 241 Å². The van der Waals surface area contributed by atoms with Crippen molar-refractivity contribution in [3.05, 3.63) is 58.9 Å². The van der Waals surface area contributed by atoms with Crippen LogP contribution in [0.4, 0.5) is 10.5 Å². The number of carbonyl (C=O) groups is 2. The SMILES string of the molecule is Cc1c[nH]c2nccc(N3CC4CCC(C3)N4C(=O)[C@H](CN(C(=O)OC(C)(C)C)C(C)C)c3ccc(Cl)cc3)c12. The number of aromatic nitrogens is 2. The van der Waals surface area contributed by atoms with Crippen molar-refractivity contribution in [1.82, 2.24) is 19.8 Å². The summed E-state index contributed by atoms with van der Waals surface area (Å²) in [6.45, 7) is 13.3. The van der Waals surface area contributed by atoms with Gasteiger partial charge in [-0.25, -0.2) is 9.78 Å². The molecule has 0 radical (unpaired) electrons. The molecule has 2 fully saturated rings. The molecule has 8 nitrogen and oxygen atoms in total. The number of piperazine rings is 1.